The summed E-state index contributed by atoms with van der Waals surface area (Å²) < 4.78 is 36.8. The van der Waals surface area contributed by atoms with E-state index in [2.05, 4.69) is 10.2 Å². The highest BCUT2D eigenvalue weighted by Gasteiger charge is 2.39. The number of aromatic nitrogens is 3. The molecule has 3 heterocycles. The maximum Gasteiger partial charge on any atom is 0.309 e. The van der Waals surface area contributed by atoms with E-state index >= 15 is 0 Å². The van der Waals surface area contributed by atoms with Gasteiger partial charge in [-0.05, 0) is 51.3 Å². The number of benzene rings is 1. The van der Waals surface area contributed by atoms with Gasteiger partial charge < -0.3 is 4.74 Å². The molecule has 0 bridgehead atoms. The fourth-order valence-electron chi connectivity index (χ4n) is 4.38. The third-order valence-electron chi connectivity index (χ3n) is 5.76. The summed E-state index contributed by atoms with van der Waals surface area (Å²) in [6, 6.07) is 3.35. The summed E-state index contributed by atoms with van der Waals surface area (Å²) in [5.41, 5.74) is 1.65. The van der Waals surface area contributed by atoms with Gasteiger partial charge in [0.1, 0.15) is 28.5 Å². The molecule has 1 aliphatic carbocycles. The molecule has 2 aliphatic rings. The average molecular weight is 442 g/mol. The lowest BCUT2D eigenvalue weighted by molar-refractivity contribution is -0.147. The maximum absolute atomic E-state index is 14.9. The van der Waals surface area contributed by atoms with Crippen molar-refractivity contribution in [3.05, 3.63) is 63.0 Å². The van der Waals surface area contributed by atoms with E-state index in [9.17, 15) is 13.6 Å². The Hall–Kier alpha value is -2.94. The lowest BCUT2D eigenvalue weighted by Gasteiger charge is -2.13. The maximum atomic E-state index is 14.9. The number of aliphatic imine (C=N–C) groups is 1. The van der Waals surface area contributed by atoms with Gasteiger partial charge in [-0.1, -0.05) is 6.07 Å². The molecule has 0 N–H and O–H groups in total. The lowest BCUT2D eigenvalue weighted by Crippen LogP contribution is -2.19. The number of esters is 1. The number of thiophene rings is 1. The van der Waals surface area contributed by atoms with Crippen LogP contribution >= 0.6 is 11.3 Å². The summed E-state index contributed by atoms with van der Waals surface area (Å²) in [6.07, 6.45) is 0.977. The first-order valence-corrected chi connectivity index (χ1v) is 11.0. The molecular weight excluding hydrogens is 422 g/mol. The standard InChI is InChI=1S/C22H20F2N4O2S/c1-4-30-22(29)12-8-13-16(9-12)31-21-17(13)19(18-14(23)6-5-7-15(18)24)25-10(2)20-27-26-11(3)28(20)21/h5-7,10,12H,4,8-9H2,1-3H3/t10-,12?/m0/s1. The van der Waals surface area contributed by atoms with Crippen molar-refractivity contribution in [1.82, 2.24) is 14.8 Å². The highest BCUT2D eigenvalue weighted by molar-refractivity contribution is 7.15. The molecule has 31 heavy (non-hydrogen) atoms. The largest absolute Gasteiger partial charge is 0.466 e. The molecule has 0 saturated carbocycles. The Morgan fingerprint density at radius 3 is 2.68 bits per heavy atom. The van der Waals surface area contributed by atoms with Gasteiger partial charge in [-0.25, -0.2) is 8.78 Å². The van der Waals surface area contributed by atoms with Gasteiger partial charge in [0.15, 0.2) is 5.82 Å². The topological polar surface area (TPSA) is 69.4 Å². The van der Waals surface area contributed by atoms with Crippen molar-refractivity contribution in [3.63, 3.8) is 0 Å². The number of nitrogens with zero attached hydrogens (tertiary/aromatic N) is 4. The van der Waals surface area contributed by atoms with Gasteiger partial charge in [-0.3, -0.25) is 14.4 Å². The van der Waals surface area contributed by atoms with Crippen molar-refractivity contribution >= 4 is 23.0 Å². The van der Waals surface area contributed by atoms with Crippen LogP contribution < -0.4 is 0 Å². The van der Waals surface area contributed by atoms with Crippen molar-refractivity contribution in [2.45, 2.75) is 39.7 Å². The molecule has 0 fully saturated rings. The summed E-state index contributed by atoms with van der Waals surface area (Å²) in [5.74, 6) is -0.612. The number of halogens is 2. The van der Waals surface area contributed by atoms with Crippen LogP contribution in [0, 0.1) is 24.5 Å². The SMILES string of the molecule is CCOC(=O)C1Cc2sc3c(c2C1)C(c1c(F)cccc1F)=N[C@@H](C)c1nnc(C)n1-3. The van der Waals surface area contributed by atoms with Crippen LogP contribution in [0.3, 0.4) is 0 Å². The number of ether oxygens (including phenoxy) is 1. The number of carbonyl (C=O) groups is 1. The third-order valence-corrected chi connectivity index (χ3v) is 7.00. The van der Waals surface area contributed by atoms with Crippen LogP contribution in [0.2, 0.25) is 0 Å². The van der Waals surface area contributed by atoms with Gasteiger partial charge in [-0.2, -0.15) is 0 Å². The zero-order valence-electron chi connectivity index (χ0n) is 17.3. The van der Waals surface area contributed by atoms with Gasteiger partial charge in [0, 0.05) is 10.4 Å². The Labute approximate surface area is 181 Å². The van der Waals surface area contributed by atoms with Gasteiger partial charge in [0.25, 0.3) is 0 Å². The summed E-state index contributed by atoms with van der Waals surface area (Å²) in [4.78, 5) is 18.1. The zero-order valence-corrected chi connectivity index (χ0v) is 18.1. The fourth-order valence-corrected chi connectivity index (χ4v) is 5.84. The first-order chi connectivity index (χ1) is 14.9. The van der Waals surface area contributed by atoms with E-state index in [1.165, 1.54) is 29.5 Å². The Balaban J connectivity index is 1.75. The van der Waals surface area contributed by atoms with Crippen LogP contribution in [0.4, 0.5) is 8.78 Å². The van der Waals surface area contributed by atoms with Gasteiger partial charge in [-0.15, -0.1) is 21.5 Å². The number of hydrogen-bond acceptors (Lipinski definition) is 6. The molecule has 0 spiro atoms. The quantitative estimate of drug-likeness (QED) is 0.573. The van der Waals surface area contributed by atoms with E-state index < -0.39 is 17.7 Å². The third kappa shape index (κ3) is 3.02. The van der Waals surface area contributed by atoms with Crippen LogP contribution in [0.25, 0.3) is 5.00 Å². The van der Waals surface area contributed by atoms with Crippen molar-refractivity contribution < 1.29 is 18.3 Å². The molecule has 2 aromatic heterocycles. The predicted molar refractivity (Wildman–Crippen MR) is 112 cm³/mol. The second kappa shape index (κ2) is 7.33. The second-order valence-electron chi connectivity index (χ2n) is 7.73. The number of aryl methyl sites for hydroxylation is 1. The molecule has 1 aliphatic heterocycles. The summed E-state index contributed by atoms with van der Waals surface area (Å²) >= 11 is 1.50. The smallest absolute Gasteiger partial charge is 0.309 e. The van der Waals surface area contributed by atoms with Gasteiger partial charge in [0.2, 0.25) is 0 Å². The van der Waals surface area contributed by atoms with Crippen LogP contribution in [0.1, 0.15) is 53.1 Å². The first-order valence-electron chi connectivity index (χ1n) is 10.2. The Bertz CT molecular complexity index is 1230. The van der Waals surface area contributed by atoms with Crippen LogP contribution in [0.5, 0.6) is 0 Å². The Morgan fingerprint density at radius 1 is 1.23 bits per heavy atom. The highest BCUT2D eigenvalue weighted by Crippen LogP contribution is 2.44. The first kappa shape index (κ1) is 20.0. The molecule has 1 aromatic carbocycles. The zero-order chi connectivity index (χ0) is 21.9. The average Bonchev–Trinajstić information content (AvgIpc) is 3.37. The predicted octanol–water partition coefficient (Wildman–Crippen LogP) is 4.11. The molecule has 2 atom stereocenters. The second-order valence-corrected chi connectivity index (χ2v) is 8.82. The molecule has 6 nitrogen and oxygen atoms in total. The number of rotatable bonds is 3. The Kier molecular flexibility index (Phi) is 4.73. The minimum absolute atomic E-state index is 0.160. The molecule has 0 radical (unpaired) electrons. The summed E-state index contributed by atoms with van der Waals surface area (Å²) in [6.45, 7) is 5.76. The molecular formula is C22H20F2N4O2S. The molecule has 5 rings (SSSR count). The lowest BCUT2D eigenvalue weighted by atomic mass is 9.97. The molecule has 3 aromatic rings. The van der Waals surface area contributed by atoms with Crippen molar-refractivity contribution in [2.75, 3.05) is 6.61 Å². The van der Waals surface area contributed by atoms with E-state index in [-0.39, 0.29) is 23.2 Å². The fraction of sp³-hybridized carbons (Fsp3) is 0.364. The molecule has 0 saturated heterocycles. The van der Waals surface area contributed by atoms with E-state index in [0.717, 1.165) is 15.4 Å². The van der Waals surface area contributed by atoms with E-state index in [4.69, 9.17) is 9.73 Å². The molecule has 160 valence electrons. The van der Waals surface area contributed by atoms with E-state index in [1.807, 2.05) is 18.4 Å². The van der Waals surface area contributed by atoms with Gasteiger partial charge >= 0.3 is 5.97 Å². The number of carbonyl (C=O) groups excluding carboxylic acids is 1. The minimum Gasteiger partial charge on any atom is -0.466 e. The summed E-state index contributed by atoms with van der Waals surface area (Å²) in [7, 11) is 0. The van der Waals surface area contributed by atoms with Gasteiger partial charge in [0.05, 0.1) is 23.8 Å². The molecule has 1 unspecified atom stereocenters. The normalized spacial score (nSPS) is 19.3. The highest BCUT2D eigenvalue weighted by atomic mass is 32.1. The van der Waals surface area contributed by atoms with Crippen LogP contribution in [-0.2, 0) is 22.4 Å². The van der Waals surface area contributed by atoms with Crippen molar-refractivity contribution in [1.29, 1.82) is 0 Å². The number of hydrogen-bond donors (Lipinski definition) is 0. The van der Waals surface area contributed by atoms with E-state index in [0.29, 0.717) is 36.7 Å². The van der Waals surface area contributed by atoms with Crippen molar-refractivity contribution in [3.8, 4) is 5.00 Å². The van der Waals surface area contributed by atoms with Crippen LogP contribution in [-0.4, -0.2) is 33.1 Å². The molecule has 9 heteroatoms. The summed E-state index contributed by atoms with van der Waals surface area (Å²) in [5, 5.41) is 9.26. The number of fused-ring (bicyclic) bond motifs is 5. The van der Waals surface area contributed by atoms with E-state index in [1.54, 1.807) is 6.92 Å². The van der Waals surface area contributed by atoms with Crippen molar-refractivity contribution in [2.24, 2.45) is 10.9 Å². The monoisotopic (exact) mass is 442 g/mol. The minimum atomic E-state index is -0.675. The molecule has 0 amide bonds. The van der Waals surface area contributed by atoms with Crippen LogP contribution in [0.15, 0.2) is 23.2 Å². The Morgan fingerprint density at radius 2 is 1.97 bits per heavy atom.